The van der Waals surface area contributed by atoms with Gasteiger partial charge in [-0.3, -0.25) is 4.79 Å². The molecule has 0 aliphatic heterocycles. The number of alkyl halides is 2. The number of unbranched alkanes of at least 4 members (excludes halogenated alkanes) is 8. The topological polar surface area (TPSA) is 111 Å². The van der Waals surface area contributed by atoms with Gasteiger partial charge in [0.25, 0.3) is 0 Å². The van der Waals surface area contributed by atoms with Crippen LogP contribution in [0.5, 0.6) is 0 Å². The van der Waals surface area contributed by atoms with E-state index < -0.39 is 46.9 Å². The lowest BCUT2D eigenvalue weighted by molar-refractivity contribution is -0.185. The number of halogens is 3. The molecule has 0 saturated carbocycles. The lowest BCUT2D eigenvalue weighted by atomic mass is 9.82. The van der Waals surface area contributed by atoms with Crippen LogP contribution in [-0.4, -0.2) is 66.9 Å². The number of benzene rings is 2. The Morgan fingerprint density at radius 1 is 0.852 bits per heavy atom. The van der Waals surface area contributed by atoms with Crippen LogP contribution in [0.15, 0.2) is 60.7 Å². The van der Waals surface area contributed by atoms with Gasteiger partial charge in [0.15, 0.2) is 5.60 Å². The highest BCUT2D eigenvalue weighted by Gasteiger charge is 2.49. The minimum Gasteiger partial charge on any atom is -0.467 e. The normalized spacial score (nSPS) is 14.3. The van der Waals surface area contributed by atoms with Gasteiger partial charge in [0, 0.05) is 45.0 Å². The van der Waals surface area contributed by atoms with Gasteiger partial charge >= 0.3 is 11.9 Å². The summed E-state index contributed by atoms with van der Waals surface area (Å²) in [5, 5.41) is 14.6. The lowest BCUT2D eigenvalue weighted by Gasteiger charge is -2.35. The highest BCUT2D eigenvalue weighted by atomic mass is 19.3. The third-order valence-corrected chi connectivity index (χ3v) is 9.26. The molecule has 0 spiro atoms. The first-order valence-electron chi connectivity index (χ1n) is 19.3. The maximum Gasteiger partial charge on any atom is 0.339 e. The first-order valence-corrected chi connectivity index (χ1v) is 19.3. The average Bonchev–Trinajstić information content (AvgIpc) is 3.12. The molecule has 2 N–H and O–H groups in total. The van der Waals surface area contributed by atoms with Crippen molar-refractivity contribution in [3.63, 3.8) is 0 Å². The summed E-state index contributed by atoms with van der Waals surface area (Å²) in [5.74, 6) is -7.11. The molecule has 0 aliphatic rings. The van der Waals surface area contributed by atoms with Gasteiger partial charge in [-0.15, -0.1) is 0 Å². The largest absolute Gasteiger partial charge is 0.467 e. The van der Waals surface area contributed by atoms with Crippen molar-refractivity contribution in [2.45, 2.75) is 141 Å². The van der Waals surface area contributed by atoms with Crippen LogP contribution < -0.4 is 5.32 Å². The van der Waals surface area contributed by atoms with E-state index in [-0.39, 0.29) is 38.1 Å². The predicted molar refractivity (Wildman–Crippen MR) is 205 cm³/mol. The molecular weight excluding hydrogens is 699 g/mol. The lowest BCUT2D eigenvalue weighted by Crippen LogP contribution is -2.56. The number of hydrogen-bond donors (Lipinski definition) is 2. The number of aliphatic hydroxyl groups is 1. The van der Waals surface area contributed by atoms with Crippen LogP contribution in [0.2, 0.25) is 0 Å². The molecule has 0 heterocycles. The van der Waals surface area contributed by atoms with E-state index in [9.17, 15) is 32.7 Å². The Morgan fingerprint density at radius 2 is 1.46 bits per heavy atom. The summed E-state index contributed by atoms with van der Waals surface area (Å²) in [5.41, 5.74) is -1.66. The Labute approximate surface area is 320 Å². The standard InChI is InChI=1S/C43H62F3NO7/c1-7-8-9-13-18-27-42(45,46)28-19-14-11-10-12-15-21-35(43(51,29-30-52-5)40(50)54-41(2,3)4)38(48)47-37(39(49)53-6)31-32-23-25-33(26-24-32)34-20-16-17-22-36(34)44/h15-17,20-26,35,37,51H,7-14,18-19,27-31H2,1-6H3,(H,47,48)/b21-15+/t35-,37+,43+/m1/s1. The van der Waals surface area contributed by atoms with Crippen molar-refractivity contribution in [3.8, 4) is 11.1 Å². The Bertz CT molecular complexity index is 1460. The average molecular weight is 762 g/mol. The predicted octanol–water partition coefficient (Wildman–Crippen LogP) is 9.31. The Kier molecular flexibility index (Phi) is 20.0. The zero-order chi connectivity index (χ0) is 40.2. The fourth-order valence-corrected chi connectivity index (χ4v) is 6.16. The molecular formula is C43H62F3NO7. The molecule has 0 saturated heterocycles. The van der Waals surface area contributed by atoms with E-state index in [1.165, 1.54) is 26.4 Å². The molecule has 0 aliphatic carbocycles. The Balaban J connectivity index is 2.20. The molecule has 2 aromatic rings. The molecule has 11 heteroatoms. The maximum atomic E-state index is 14.4. The third kappa shape index (κ3) is 16.3. The number of amides is 1. The van der Waals surface area contributed by atoms with Crippen LogP contribution in [-0.2, 0) is 35.0 Å². The number of nitrogens with one attached hydrogen (secondary N) is 1. The number of carbonyl (C=O) groups excluding carboxylic acids is 3. The monoisotopic (exact) mass is 761 g/mol. The van der Waals surface area contributed by atoms with Crippen molar-refractivity contribution in [2.24, 2.45) is 5.92 Å². The SMILES string of the molecule is CCCCCCCC(F)(F)CCCCCC/C=C/[C@H](C(=O)N[C@@H](Cc1ccc(-c2ccccc2F)cc1)C(=O)OC)[C@@](O)(CCOC)C(=O)OC(C)(C)C. The summed E-state index contributed by atoms with van der Waals surface area (Å²) in [6, 6.07) is 12.0. The van der Waals surface area contributed by atoms with Gasteiger partial charge in [-0.05, 0) is 63.6 Å². The number of methoxy groups -OCH3 is 2. The first kappa shape index (κ1) is 46.5. The van der Waals surface area contributed by atoms with Gasteiger partial charge in [0.1, 0.15) is 17.5 Å². The highest BCUT2D eigenvalue weighted by molar-refractivity contribution is 5.93. The van der Waals surface area contributed by atoms with Gasteiger partial charge in [-0.25, -0.2) is 22.8 Å². The van der Waals surface area contributed by atoms with E-state index in [0.717, 1.165) is 25.7 Å². The van der Waals surface area contributed by atoms with Gasteiger partial charge in [-0.1, -0.05) is 100 Å². The number of esters is 2. The summed E-state index contributed by atoms with van der Waals surface area (Å²) in [6.45, 7) is 6.93. The molecule has 54 heavy (non-hydrogen) atoms. The van der Waals surface area contributed by atoms with Crippen molar-refractivity contribution < 1.29 is 46.9 Å². The molecule has 1 amide bonds. The van der Waals surface area contributed by atoms with Crippen LogP contribution in [0, 0.1) is 11.7 Å². The van der Waals surface area contributed by atoms with E-state index >= 15 is 0 Å². The molecule has 302 valence electrons. The van der Waals surface area contributed by atoms with Crippen molar-refractivity contribution in [2.75, 3.05) is 20.8 Å². The zero-order valence-electron chi connectivity index (χ0n) is 33.1. The van der Waals surface area contributed by atoms with Crippen molar-refractivity contribution in [1.82, 2.24) is 5.32 Å². The Hall–Kier alpha value is -3.70. The number of carbonyl (C=O) groups is 3. The molecule has 0 fully saturated rings. The van der Waals surface area contributed by atoms with Gasteiger partial charge in [-0.2, -0.15) is 0 Å². The van der Waals surface area contributed by atoms with Crippen LogP contribution >= 0.6 is 0 Å². The van der Waals surface area contributed by atoms with Crippen molar-refractivity contribution in [3.05, 3.63) is 72.1 Å². The van der Waals surface area contributed by atoms with Crippen LogP contribution in [0.3, 0.4) is 0 Å². The van der Waals surface area contributed by atoms with Crippen molar-refractivity contribution >= 4 is 17.8 Å². The fraction of sp³-hybridized carbons (Fsp3) is 0.605. The van der Waals surface area contributed by atoms with Gasteiger partial charge in [0.05, 0.1) is 13.0 Å². The van der Waals surface area contributed by atoms with E-state index in [1.54, 1.807) is 69.3 Å². The number of allylic oxidation sites excluding steroid dienone is 1. The molecule has 2 rings (SSSR count). The zero-order valence-corrected chi connectivity index (χ0v) is 33.1. The van der Waals surface area contributed by atoms with E-state index in [2.05, 4.69) is 12.2 Å². The van der Waals surface area contributed by atoms with Crippen LogP contribution in [0.25, 0.3) is 11.1 Å². The second kappa shape index (κ2) is 23.3. The van der Waals surface area contributed by atoms with Gasteiger partial charge < -0.3 is 24.6 Å². The number of ether oxygens (including phenoxy) is 3. The summed E-state index contributed by atoms with van der Waals surface area (Å²) in [7, 11) is 2.58. The summed E-state index contributed by atoms with van der Waals surface area (Å²) in [6.07, 6.45) is 9.94. The van der Waals surface area contributed by atoms with E-state index in [4.69, 9.17) is 14.2 Å². The molecule has 0 radical (unpaired) electrons. The summed E-state index contributed by atoms with van der Waals surface area (Å²) in [4.78, 5) is 40.6. The minimum absolute atomic E-state index is 0.00718. The van der Waals surface area contributed by atoms with Crippen LogP contribution in [0.1, 0.15) is 117 Å². The Morgan fingerprint density at radius 3 is 2.04 bits per heavy atom. The molecule has 0 unspecified atom stereocenters. The number of rotatable bonds is 25. The molecule has 2 aromatic carbocycles. The fourth-order valence-electron chi connectivity index (χ4n) is 6.16. The minimum atomic E-state index is -2.66. The maximum absolute atomic E-state index is 14.4. The second-order valence-corrected chi connectivity index (χ2v) is 15.0. The third-order valence-electron chi connectivity index (χ3n) is 9.26. The second-order valence-electron chi connectivity index (χ2n) is 15.0. The molecule has 8 nitrogen and oxygen atoms in total. The smallest absolute Gasteiger partial charge is 0.339 e. The molecule has 3 atom stereocenters. The summed E-state index contributed by atoms with van der Waals surface area (Å²) < 4.78 is 58.7. The first-order chi connectivity index (χ1) is 25.6. The quantitative estimate of drug-likeness (QED) is 0.0590. The van der Waals surface area contributed by atoms with Crippen molar-refractivity contribution in [1.29, 1.82) is 0 Å². The molecule has 0 bridgehead atoms. The van der Waals surface area contributed by atoms with Gasteiger partial charge in [0.2, 0.25) is 11.8 Å². The number of hydrogen-bond acceptors (Lipinski definition) is 7. The highest BCUT2D eigenvalue weighted by Crippen LogP contribution is 2.31. The molecule has 0 aromatic heterocycles. The van der Waals surface area contributed by atoms with E-state index in [1.807, 2.05) is 0 Å². The summed E-state index contributed by atoms with van der Waals surface area (Å²) >= 11 is 0. The van der Waals surface area contributed by atoms with Crippen LogP contribution in [0.4, 0.5) is 13.2 Å². The van der Waals surface area contributed by atoms with E-state index in [0.29, 0.717) is 55.2 Å².